The maximum Gasteiger partial charge on any atom is 0.316 e. The number of nitrogens with one attached hydrogen (secondary N) is 3. The molecule has 1 aromatic heterocycles. The van der Waals surface area contributed by atoms with Crippen molar-refractivity contribution in [2.75, 3.05) is 6.54 Å². The summed E-state index contributed by atoms with van der Waals surface area (Å²) >= 11 is 0. The van der Waals surface area contributed by atoms with E-state index in [1.165, 1.54) is 11.9 Å². The van der Waals surface area contributed by atoms with Crippen molar-refractivity contribution in [3.05, 3.63) is 47.7 Å². The number of carbonyl (C=O) groups excluding carboxylic acids is 5. The molecule has 2 fully saturated rings. The standard InChI is InChI=1S/C35H45N5O7/c1-20(2)30-32(43)37-22(4)33(44)40-18-6-7-28(39-40)31(42)36-21(3)27-11-10-25-9-8-24(19-29(25)38-27)12-15-35(34(45)47-30)16-13-26(14-17-35)46-23(5)41/h8-12,15,19-22,26,28,30,39H,6-7,13-14,16-18H2,1-5H3,(H,36,42)(H,37,43)/b15-12+/t21-,22+,26?,28+,30+,35?/m1/s1. The van der Waals surface area contributed by atoms with E-state index in [0.717, 1.165) is 16.5 Å². The number of cyclic esters (lactones) is 1. The summed E-state index contributed by atoms with van der Waals surface area (Å²) in [6.45, 7) is 8.72. The predicted molar refractivity (Wildman–Crippen MR) is 174 cm³/mol. The Morgan fingerprint density at radius 2 is 1.70 bits per heavy atom. The summed E-state index contributed by atoms with van der Waals surface area (Å²) < 4.78 is 11.4. The lowest BCUT2D eigenvalue weighted by Gasteiger charge is -2.37. The van der Waals surface area contributed by atoms with Crippen LogP contribution in [0.15, 0.2) is 36.4 Å². The summed E-state index contributed by atoms with van der Waals surface area (Å²) in [6.07, 6.45) is 5.00. The second-order valence-electron chi connectivity index (χ2n) is 13.3. The summed E-state index contributed by atoms with van der Waals surface area (Å²) in [4.78, 5) is 70.7. The fourth-order valence-corrected chi connectivity index (χ4v) is 6.49. The molecule has 4 atom stereocenters. The van der Waals surface area contributed by atoms with E-state index in [2.05, 4.69) is 16.1 Å². The van der Waals surface area contributed by atoms with Gasteiger partial charge < -0.3 is 20.1 Å². The molecule has 2 aliphatic heterocycles. The summed E-state index contributed by atoms with van der Waals surface area (Å²) in [5.74, 6) is -2.54. The predicted octanol–water partition coefficient (Wildman–Crippen LogP) is 3.50. The molecule has 12 nitrogen and oxygen atoms in total. The van der Waals surface area contributed by atoms with Crippen LogP contribution in [0.2, 0.25) is 0 Å². The minimum atomic E-state index is -1.15. The van der Waals surface area contributed by atoms with Crippen LogP contribution in [0, 0.1) is 11.3 Å². The van der Waals surface area contributed by atoms with Crippen molar-refractivity contribution < 1.29 is 33.4 Å². The number of aromatic nitrogens is 1. The van der Waals surface area contributed by atoms with E-state index in [-0.39, 0.29) is 23.9 Å². The lowest BCUT2D eigenvalue weighted by Crippen LogP contribution is -2.61. The highest BCUT2D eigenvalue weighted by atomic mass is 16.6. The number of hydrogen-bond acceptors (Lipinski definition) is 9. The zero-order valence-electron chi connectivity index (χ0n) is 27.7. The number of benzene rings is 1. The van der Waals surface area contributed by atoms with Crippen LogP contribution in [0.1, 0.15) is 90.4 Å². The normalized spacial score (nSPS) is 30.1. The second-order valence-corrected chi connectivity index (χ2v) is 13.3. The molecule has 1 aliphatic carbocycles. The number of pyridine rings is 1. The van der Waals surface area contributed by atoms with Gasteiger partial charge in [0.1, 0.15) is 18.2 Å². The van der Waals surface area contributed by atoms with Gasteiger partial charge in [-0.2, -0.15) is 0 Å². The van der Waals surface area contributed by atoms with Crippen molar-refractivity contribution in [3.63, 3.8) is 0 Å². The molecule has 3 heterocycles. The number of rotatable bonds is 2. The van der Waals surface area contributed by atoms with E-state index in [1.54, 1.807) is 20.8 Å². The topological polar surface area (TPSA) is 156 Å². The summed E-state index contributed by atoms with van der Waals surface area (Å²) in [5, 5.41) is 8.05. The first-order chi connectivity index (χ1) is 22.3. The fraction of sp³-hybridized carbons (Fsp3) is 0.543. The van der Waals surface area contributed by atoms with Gasteiger partial charge in [-0.1, -0.05) is 44.2 Å². The van der Waals surface area contributed by atoms with Crippen LogP contribution in [0.3, 0.4) is 0 Å². The minimum Gasteiger partial charge on any atom is -0.463 e. The van der Waals surface area contributed by atoms with Crippen molar-refractivity contribution in [1.82, 2.24) is 26.1 Å². The average molecular weight is 648 g/mol. The molecule has 252 valence electrons. The van der Waals surface area contributed by atoms with Crippen LogP contribution in [0.25, 0.3) is 17.0 Å². The number of ether oxygens (including phenoxy) is 2. The Kier molecular flexibility index (Phi) is 10.3. The third kappa shape index (κ3) is 7.81. The lowest BCUT2D eigenvalue weighted by atomic mass is 9.72. The first kappa shape index (κ1) is 34.0. The SMILES string of the molecule is CC(=O)OC1CCC2(/C=C/c3ccc4ccc(nc4c3)[C@@H](C)NC(=O)[C@@H]3CCCN(N3)C(=O)[C@H](C)NC(=O)[C@H](C(C)C)OC2=O)CC1. The van der Waals surface area contributed by atoms with E-state index in [9.17, 15) is 24.0 Å². The van der Waals surface area contributed by atoms with Crippen molar-refractivity contribution in [3.8, 4) is 0 Å². The maximum absolute atomic E-state index is 14.1. The highest BCUT2D eigenvalue weighted by Gasteiger charge is 2.44. The van der Waals surface area contributed by atoms with Crippen molar-refractivity contribution in [2.45, 2.75) is 103 Å². The Bertz CT molecular complexity index is 1560. The molecule has 0 unspecified atom stereocenters. The van der Waals surface area contributed by atoms with Crippen LogP contribution in [-0.2, 0) is 33.4 Å². The van der Waals surface area contributed by atoms with Gasteiger partial charge in [0.15, 0.2) is 6.10 Å². The highest BCUT2D eigenvalue weighted by Crippen LogP contribution is 2.41. The molecule has 1 saturated heterocycles. The fourth-order valence-electron chi connectivity index (χ4n) is 6.49. The summed E-state index contributed by atoms with van der Waals surface area (Å²) in [5.41, 5.74) is 4.19. The van der Waals surface area contributed by atoms with Gasteiger partial charge in [0.05, 0.1) is 22.7 Å². The summed E-state index contributed by atoms with van der Waals surface area (Å²) in [7, 11) is 0. The molecule has 1 aromatic carbocycles. The zero-order chi connectivity index (χ0) is 33.9. The van der Waals surface area contributed by atoms with Crippen LogP contribution in [-0.4, -0.2) is 70.5 Å². The van der Waals surface area contributed by atoms with E-state index >= 15 is 0 Å². The molecular weight excluding hydrogens is 602 g/mol. The van der Waals surface area contributed by atoms with Gasteiger partial charge in [-0.3, -0.25) is 34.0 Å². The molecule has 12 heteroatoms. The van der Waals surface area contributed by atoms with Crippen LogP contribution in [0.4, 0.5) is 0 Å². The van der Waals surface area contributed by atoms with Crippen molar-refractivity contribution in [1.29, 1.82) is 0 Å². The van der Waals surface area contributed by atoms with Crippen molar-refractivity contribution in [2.24, 2.45) is 11.3 Å². The largest absolute Gasteiger partial charge is 0.463 e. The highest BCUT2D eigenvalue weighted by molar-refractivity contribution is 5.92. The molecule has 47 heavy (non-hydrogen) atoms. The lowest BCUT2D eigenvalue weighted by molar-refractivity contribution is -0.169. The van der Waals surface area contributed by atoms with Gasteiger partial charge in [-0.15, -0.1) is 0 Å². The molecule has 1 saturated carbocycles. The van der Waals surface area contributed by atoms with Crippen LogP contribution in [0.5, 0.6) is 0 Å². The molecule has 0 radical (unpaired) electrons. The van der Waals surface area contributed by atoms with Gasteiger partial charge in [-0.25, -0.2) is 5.43 Å². The smallest absolute Gasteiger partial charge is 0.316 e. The number of hydrogen-bond donors (Lipinski definition) is 3. The summed E-state index contributed by atoms with van der Waals surface area (Å²) in [6, 6.07) is 7.66. The first-order valence-corrected chi connectivity index (χ1v) is 16.5. The average Bonchev–Trinajstić information content (AvgIpc) is 3.05. The van der Waals surface area contributed by atoms with Crippen LogP contribution >= 0.6 is 0 Å². The Labute approximate surface area is 275 Å². The number of amides is 3. The van der Waals surface area contributed by atoms with E-state index in [1.807, 2.05) is 49.4 Å². The molecule has 5 rings (SSSR count). The number of carbonyl (C=O) groups is 5. The third-order valence-corrected chi connectivity index (χ3v) is 9.29. The molecule has 3 N–H and O–H groups in total. The van der Waals surface area contributed by atoms with Gasteiger partial charge >= 0.3 is 11.9 Å². The first-order valence-electron chi connectivity index (χ1n) is 16.5. The molecule has 1 spiro atoms. The quantitative estimate of drug-likeness (QED) is 0.415. The van der Waals surface area contributed by atoms with E-state index < -0.39 is 47.4 Å². The Hall–Kier alpha value is -4.32. The third-order valence-electron chi connectivity index (χ3n) is 9.29. The molecule has 3 aliphatic rings. The Morgan fingerprint density at radius 3 is 2.40 bits per heavy atom. The van der Waals surface area contributed by atoms with E-state index in [0.29, 0.717) is 50.8 Å². The second kappa shape index (κ2) is 14.2. The number of fused-ring (bicyclic) bond motifs is 4. The zero-order valence-corrected chi connectivity index (χ0v) is 27.7. The molecule has 3 amide bonds. The van der Waals surface area contributed by atoms with Crippen molar-refractivity contribution >= 4 is 46.6 Å². The van der Waals surface area contributed by atoms with Gasteiger partial charge in [0.2, 0.25) is 5.91 Å². The monoisotopic (exact) mass is 647 g/mol. The van der Waals surface area contributed by atoms with Crippen LogP contribution < -0.4 is 16.1 Å². The molecule has 2 aromatic rings. The Morgan fingerprint density at radius 1 is 1.00 bits per heavy atom. The maximum atomic E-state index is 14.1. The van der Waals surface area contributed by atoms with Gasteiger partial charge in [0, 0.05) is 18.9 Å². The van der Waals surface area contributed by atoms with Gasteiger partial charge in [0.25, 0.3) is 11.8 Å². The van der Waals surface area contributed by atoms with Gasteiger partial charge in [-0.05, 0) is 76.0 Å². The Balaban J connectivity index is 1.52. The number of nitrogens with zero attached hydrogens (tertiary/aromatic N) is 2. The minimum absolute atomic E-state index is 0.253. The number of hydrazine groups is 1. The number of esters is 2. The molecular formula is C35H45N5O7. The van der Waals surface area contributed by atoms with E-state index in [4.69, 9.17) is 14.5 Å². The molecule has 5 bridgehead atoms.